The number of tetrazole rings is 1. The molecule has 600 valence electrons. The van der Waals surface area contributed by atoms with E-state index in [-0.39, 0.29) is 30.8 Å². The second-order valence-electron chi connectivity index (χ2n) is 27.1. The number of imidazole rings is 1. The maximum absolute atomic E-state index is 15.5. The van der Waals surface area contributed by atoms with Crippen LogP contribution in [0.25, 0.3) is 11.1 Å². The van der Waals surface area contributed by atoms with E-state index in [2.05, 4.69) is 83.8 Å². The van der Waals surface area contributed by atoms with Crippen molar-refractivity contribution in [1.82, 2.24) is 83.8 Å². The number of halogens is 1. The zero-order valence-corrected chi connectivity index (χ0v) is 62.7. The highest BCUT2D eigenvalue weighted by Gasteiger charge is 2.43. The van der Waals surface area contributed by atoms with E-state index in [4.69, 9.17) is 20.9 Å². The van der Waals surface area contributed by atoms with Crippen molar-refractivity contribution in [3.05, 3.63) is 143 Å². The molecule has 0 bridgehead atoms. The van der Waals surface area contributed by atoms with Crippen LogP contribution in [0.3, 0.4) is 0 Å². The summed E-state index contributed by atoms with van der Waals surface area (Å²) < 4.78 is 26.7. The molecule has 0 saturated heterocycles. The van der Waals surface area contributed by atoms with Gasteiger partial charge in [-0.2, -0.15) is 5.21 Å². The van der Waals surface area contributed by atoms with Gasteiger partial charge in [-0.05, 0) is 143 Å². The lowest BCUT2D eigenvalue weighted by Crippen LogP contribution is -2.67. The molecule has 0 aliphatic heterocycles. The molecule has 6 aromatic rings. The average Bonchev–Trinajstić information content (AvgIpc) is 1.01. The number of benzene rings is 4. The van der Waals surface area contributed by atoms with Gasteiger partial charge in [-0.15, -0.1) is 10.2 Å². The smallest absolute Gasteiger partial charge is 0.305 e. The number of carboxylic acids is 1. The molecule has 4 aromatic carbocycles. The minimum Gasteiger partial charge on any atom is -0.497 e. The molecule has 0 unspecified atom stereocenters. The Balaban J connectivity index is 1.16. The number of unbranched alkanes of at least 4 members (excludes halogenated alkanes) is 1. The standard InChI is InChI=1S/C74H99FN18O18/c1-8-45-33-50(110-7)26-27-51(45)46-22-18-44(19-23-46)32-54(65(102)82-53(63(77)100)17-13-14-43-20-24-49(25-21-43)111-31-12-11-29-76)83-66(103)56(35-60(98)99)84-67(104)57(39-94)85-68(105)61(41(2)95)88-72(109)74(6,36-47-15-9-10-16-52(47)75)89-69(106)62(42(3)96)87-59(97)38-80-64(101)55(34-58-90-92-93-91-58)86-71(108)73(4,5)70(107)79-30-28-48-37-78-40-81-48/h9-10,15-16,18-27,33,37,40-42,53-57,61-62,94-96H,8,11-14,17,28-32,34-36,38-39,76H2,1-7H3,(H2,77,100)(H,78,81)(H,79,107)(H,80,101)(H,82,102)(H,83,103)(H,84,104)(H,85,105)(H,86,108)(H,87,97)(H,88,109)(H,89,106)(H,98,99)(H,90,91,92,93)/t41-,42-,53+,54+,55+,56+,57+,61+,62+,74+/m1/s1. The summed E-state index contributed by atoms with van der Waals surface area (Å²) in [7, 11) is 1.55. The number of nitrogens with two attached hydrogens (primary N) is 2. The lowest BCUT2D eigenvalue weighted by Gasteiger charge is -2.34. The van der Waals surface area contributed by atoms with E-state index in [1.165, 1.54) is 38.4 Å². The fourth-order valence-electron chi connectivity index (χ4n) is 11.4. The van der Waals surface area contributed by atoms with Crippen LogP contribution in [-0.2, 0) is 96.1 Å². The number of carbonyl (C=O) groups excluding carboxylic acids is 11. The van der Waals surface area contributed by atoms with Gasteiger partial charge in [-0.1, -0.05) is 72.8 Å². The van der Waals surface area contributed by atoms with Gasteiger partial charge < -0.3 is 99.5 Å². The second-order valence-corrected chi connectivity index (χ2v) is 27.1. The van der Waals surface area contributed by atoms with Crippen LogP contribution in [0.1, 0.15) is 107 Å². The minimum absolute atomic E-state index is 0.0439. The Hall–Kier alpha value is -11.8. The normalized spacial score (nSPS) is 14.2. The van der Waals surface area contributed by atoms with E-state index < -0.39 is 175 Å². The summed E-state index contributed by atoms with van der Waals surface area (Å²) in [6, 6.07) is 12.1. The molecule has 20 N–H and O–H groups in total. The zero-order valence-electron chi connectivity index (χ0n) is 62.7. The highest BCUT2D eigenvalue weighted by atomic mass is 19.1. The largest absolute Gasteiger partial charge is 0.497 e. The number of carbonyl (C=O) groups is 12. The van der Waals surface area contributed by atoms with Crippen LogP contribution in [0.5, 0.6) is 11.5 Å². The number of rotatable bonds is 46. The molecule has 0 aliphatic carbocycles. The number of aliphatic carboxylic acids is 1. The molecule has 6 rings (SSSR count). The van der Waals surface area contributed by atoms with Crippen LogP contribution < -0.4 is 74.1 Å². The predicted molar refractivity (Wildman–Crippen MR) is 397 cm³/mol. The van der Waals surface area contributed by atoms with Crippen molar-refractivity contribution in [3.63, 3.8) is 0 Å². The van der Waals surface area contributed by atoms with Crippen molar-refractivity contribution >= 4 is 70.9 Å². The Bertz CT molecular complexity index is 4130. The van der Waals surface area contributed by atoms with Crippen molar-refractivity contribution in [2.75, 3.05) is 40.0 Å². The summed E-state index contributed by atoms with van der Waals surface area (Å²) in [5, 5.41) is 79.7. The third kappa shape index (κ3) is 27.1. The number of primary amides is 1. The van der Waals surface area contributed by atoms with Gasteiger partial charge in [0, 0.05) is 44.1 Å². The van der Waals surface area contributed by atoms with Crippen LogP contribution in [0.15, 0.2) is 104 Å². The molecule has 111 heavy (non-hydrogen) atoms. The monoisotopic (exact) mass is 1550 g/mol. The van der Waals surface area contributed by atoms with E-state index in [9.17, 15) is 78.0 Å². The molecule has 37 heteroatoms. The molecule has 0 fully saturated rings. The van der Waals surface area contributed by atoms with Crippen molar-refractivity contribution in [1.29, 1.82) is 0 Å². The fourth-order valence-corrected chi connectivity index (χ4v) is 11.4. The number of H-pyrrole nitrogens is 2. The van der Waals surface area contributed by atoms with Gasteiger partial charge in [0.05, 0.1) is 51.8 Å². The van der Waals surface area contributed by atoms with Gasteiger partial charge in [0.2, 0.25) is 65.0 Å². The zero-order chi connectivity index (χ0) is 81.5. The van der Waals surface area contributed by atoms with Crippen LogP contribution in [0, 0.1) is 11.2 Å². The average molecular weight is 1550 g/mol. The van der Waals surface area contributed by atoms with Gasteiger partial charge in [0.1, 0.15) is 70.6 Å². The van der Waals surface area contributed by atoms with Crippen molar-refractivity contribution in [2.45, 2.75) is 172 Å². The molecule has 11 amide bonds. The molecule has 0 aliphatic rings. The molecule has 0 saturated carbocycles. The van der Waals surface area contributed by atoms with E-state index in [0.29, 0.717) is 61.6 Å². The molecule has 0 radical (unpaired) electrons. The highest BCUT2D eigenvalue weighted by Crippen LogP contribution is 2.29. The Morgan fingerprint density at radius 1 is 0.649 bits per heavy atom. The number of hydrogen-bond donors (Lipinski definition) is 18. The topological polar surface area (TPSA) is 560 Å². The van der Waals surface area contributed by atoms with Gasteiger partial charge in [-0.25, -0.2) is 9.37 Å². The van der Waals surface area contributed by atoms with Crippen molar-refractivity contribution < 1.29 is 91.8 Å². The van der Waals surface area contributed by atoms with E-state index in [1.807, 2.05) is 31.2 Å². The lowest BCUT2D eigenvalue weighted by atomic mass is 9.90. The number of carboxylic acid groups (broad SMARTS) is 1. The van der Waals surface area contributed by atoms with Gasteiger partial charge in [-0.3, -0.25) is 57.5 Å². The van der Waals surface area contributed by atoms with Crippen molar-refractivity contribution in [2.24, 2.45) is 16.9 Å². The first-order chi connectivity index (χ1) is 52.8. The Labute approximate surface area is 638 Å². The van der Waals surface area contributed by atoms with Gasteiger partial charge in [0.25, 0.3) is 0 Å². The number of nitrogens with one attached hydrogen (secondary N) is 12. The van der Waals surface area contributed by atoms with E-state index in [0.717, 1.165) is 61.9 Å². The summed E-state index contributed by atoms with van der Waals surface area (Å²) in [5.41, 5.74) is 11.7. The Morgan fingerprint density at radius 2 is 1.28 bits per heavy atom. The molecule has 36 nitrogen and oxygen atoms in total. The Kier molecular flexibility index (Phi) is 34.0. The quantitative estimate of drug-likeness (QED) is 0.0144. The third-order valence-electron chi connectivity index (χ3n) is 18.0. The second kappa shape index (κ2) is 42.8. The molecule has 2 aromatic heterocycles. The number of aryl methyl sites for hydroxylation is 2. The number of aromatic nitrogens is 6. The first-order valence-corrected chi connectivity index (χ1v) is 35.9. The number of ether oxygens (including phenoxy) is 2. The molecular weight excluding hydrogens is 1450 g/mol. The summed E-state index contributed by atoms with van der Waals surface area (Å²) in [6.07, 6.45) is 0.198. The first-order valence-electron chi connectivity index (χ1n) is 35.9. The number of hydrogen-bond acceptors (Lipinski definition) is 22. The van der Waals surface area contributed by atoms with Gasteiger partial charge >= 0.3 is 5.97 Å². The fraction of sp³-hybridized carbons (Fsp3) is 0.459. The SMILES string of the molecule is CCc1cc(OC)ccc1-c1ccc(C[C@H](NC(=O)[C@H](CC(=O)O)NC(=O)[C@H](CO)NC(=O)[C@@H](NC(=O)[C@](C)(Cc2ccccc2F)NC(=O)[C@@H](NC(=O)CNC(=O)[C@H](Cc2nn[nH]n2)NC(=O)C(C)(C)C(=O)NCCc2cnc[nH]2)[C@@H](C)O)[C@@H](C)O)C(=O)N[C@@H](CCCc2ccc(OCCCCN)cc2)C(N)=O)cc1. The number of aromatic amines is 2. The van der Waals surface area contributed by atoms with Crippen molar-refractivity contribution in [3.8, 4) is 22.6 Å². The summed E-state index contributed by atoms with van der Waals surface area (Å²) in [5.74, 6) is -13.6. The number of methoxy groups -OCH3 is 1. The van der Waals surface area contributed by atoms with Crippen LogP contribution in [-0.4, -0.2) is 222 Å². The summed E-state index contributed by atoms with van der Waals surface area (Å²) in [4.78, 5) is 173. The minimum atomic E-state index is -2.40. The number of nitrogens with zero attached hydrogens (tertiary/aromatic N) is 4. The van der Waals surface area contributed by atoms with Crippen LogP contribution in [0.2, 0.25) is 0 Å². The number of aliphatic hydroxyl groups excluding tert-OH is 3. The first kappa shape index (κ1) is 88.1. The van der Waals surface area contributed by atoms with E-state index >= 15 is 4.39 Å². The third-order valence-corrected chi connectivity index (χ3v) is 18.0. The number of amides is 11. The van der Waals surface area contributed by atoms with Crippen LogP contribution >= 0.6 is 0 Å². The van der Waals surface area contributed by atoms with Crippen LogP contribution in [0.4, 0.5) is 4.39 Å². The maximum Gasteiger partial charge on any atom is 0.305 e. The molecule has 2 heterocycles. The molecule has 0 spiro atoms. The predicted octanol–water partition coefficient (Wildman–Crippen LogP) is -2.05. The molecule has 10 atom stereocenters. The maximum atomic E-state index is 15.5. The number of aliphatic hydroxyl groups is 3. The summed E-state index contributed by atoms with van der Waals surface area (Å²) in [6.45, 7) is 6.68. The lowest BCUT2D eigenvalue weighted by molar-refractivity contribution is -0.143. The van der Waals surface area contributed by atoms with Gasteiger partial charge in [0.15, 0.2) is 5.82 Å². The molecular formula is C74H99FN18O18. The summed E-state index contributed by atoms with van der Waals surface area (Å²) >= 11 is 0. The Morgan fingerprint density at radius 3 is 1.89 bits per heavy atom. The van der Waals surface area contributed by atoms with E-state index in [1.54, 1.807) is 55.8 Å². The highest BCUT2D eigenvalue weighted by molar-refractivity contribution is 6.06.